The Hall–Kier alpha value is -1.39. The molecule has 96 valence electrons. The molecule has 1 rings (SSSR count). The van der Waals surface area contributed by atoms with Crippen LogP contribution in [0.2, 0.25) is 0 Å². The maximum absolute atomic E-state index is 11.4. The third kappa shape index (κ3) is 4.54. The summed E-state index contributed by atoms with van der Waals surface area (Å²) in [6.45, 7) is 0.620. The molecule has 0 saturated carbocycles. The lowest BCUT2D eigenvalue weighted by Gasteiger charge is -2.20. The van der Waals surface area contributed by atoms with Crippen LogP contribution in [-0.4, -0.2) is 40.8 Å². The molecule has 0 aromatic heterocycles. The molecule has 1 atom stereocenters. The summed E-state index contributed by atoms with van der Waals surface area (Å²) in [5.41, 5.74) is 0. The topological polar surface area (TPSA) is 74.7 Å². The number of rotatable bonds is 8. The predicted molar refractivity (Wildman–Crippen MR) is 61.5 cm³/mol. The normalized spacial score (nSPS) is 19.6. The molecule has 1 aliphatic rings. The molecule has 1 aliphatic heterocycles. The second-order valence-electron chi connectivity index (χ2n) is 4.39. The highest BCUT2D eigenvalue weighted by Gasteiger charge is 2.29. The molecular weight excluding hydrogens is 222 g/mol. The summed E-state index contributed by atoms with van der Waals surface area (Å²) >= 11 is 0. The summed E-state index contributed by atoms with van der Waals surface area (Å²) in [4.78, 5) is 34.1. The van der Waals surface area contributed by atoms with Crippen molar-refractivity contribution in [3.8, 4) is 0 Å². The summed E-state index contributed by atoms with van der Waals surface area (Å²) in [7, 11) is 0. The van der Waals surface area contributed by atoms with Crippen molar-refractivity contribution in [3.63, 3.8) is 0 Å². The van der Waals surface area contributed by atoms with Gasteiger partial charge >= 0.3 is 5.97 Å². The van der Waals surface area contributed by atoms with Crippen LogP contribution in [-0.2, 0) is 14.4 Å². The van der Waals surface area contributed by atoms with E-state index in [2.05, 4.69) is 0 Å². The van der Waals surface area contributed by atoms with E-state index in [9.17, 15) is 14.4 Å². The van der Waals surface area contributed by atoms with Gasteiger partial charge in [0.2, 0.25) is 5.91 Å². The van der Waals surface area contributed by atoms with Gasteiger partial charge in [-0.2, -0.15) is 0 Å². The SMILES string of the molecule is O=CC1CCC(=O)N1CCCCCCC(=O)O. The molecule has 1 amide bonds. The number of carbonyl (C=O) groups excluding carboxylic acids is 2. The zero-order valence-corrected chi connectivity index (χ0v) is 9.93. The van der Waals surface area contributed by atoms with Gasteiger partial charge in [0, 0.05) is 19.4 Å². The van der Waals surface area contributed by atoms with Gasteiger partial charge < -0.3 is 14.8 Å². The first-order valence-electron chi connectivity index (χ1n) is 6.11. The maximum atomic E-state index is 11.4. The molecule has 0 spiro atoms. The number of aliphatic carboxylic acids is 1. The number of carboxylic acid groups (broad SMARTS) is 1. The minimum Gasteiger partial charge on any atom is -0.481 e. The van der Waals surface area contributed by atoms with Crippen molar-refractivity contribution in [3.05, 3.63) is 0 Å². The van der Waals surface area contributed by atoms with Gasteiger partial charge in [0.25, 0.3) is 0 Å². The molecule has 0 aromatic rings. The van der Waals surface area contributed by atoms with Gasteiger partial charge in [-0.1, -0.05) is 12.8 Å². The summed E-state index contributed by atoms with van der Waals surface area (Å²) in [5.74, 6) is -0.701. The Labute approximate surface area is 101 Å². The molecule has 0 radical (unpaired) electrons. The number of amides is 1. The quantitative estimate of drug-likeness (QED) is 0.512. The number of hydrogen-bond donors (Lipinski definition) is 1. The van der Waals surface area contributed by atoms with Gasteiger partial charge in [-0.3, -0.25) is 9.59 Å². The van der Waals surface area contributed by atoms with Gasteiger partial charge in [-0.25, -0.2) is 0 Å². The third-order valence-electron chi connectivity index (χ3n) is 3.07. The van der Waals surface area contributed by atoms with Crippen LogP contribution in [0.15, 0.2) is 0 Å². The summed E-state index contributed by atoms with van der Waals surface area (Å²) in [6, 6.07) is -0.235. The van der Waals surface area contributed by atoms with E-state index in [0.29, 0.717) is 25.8 Å². The number of unbranched alkanes of at least 4 members (excludes halogenated alkanes) is 3. The van der Waals surface area contributed by atoms with Crippen LogP contribution in [0.4, 0.5) is 0 Å². The lowest BCUT2D eigenvalue weighted by Crippen LogP contribution is -2.34. The minimum atomic E-state index is -0.763. The van der Waals surface area contributed by atoms with E-state index >= 15 is 0 Å². The highest BCUT2D eigenvalue weighted by molar-refractivity contribution is 5.83. The number of carbonyl (C=O) groups is 3. The van der Waals surface area contributed by atoms with Gasteiger partial charge in [-0.15, -0.1) is 0 Å². The summed E-state index contributed by atoms with van der Waals surface area (Å²) in [6.07, 6.45) is 5.46. The second-order valence-corrected chi connectivity index (χ2v) is 4.39. The Kier molecular flexibility index (Phi) is 5.66. The maximum Gasteiger partial charge on any atom is 0.303 e. The van der Waals surface area contributed by atoms with E-state index in [1.807, 2.05) is 0 Å². The molecule has 1 fully saturated rings. The highest BCUT2D eigenvalue weighted by Crippen LogP contribution is 2.18. The van der Waals surface area contributed by atoms with Crippen molar-refractivity contribution in [2.75, 3.05) is 6.54 Å². The largest absolute Gasteiger partial charge is 0.481 e. The first kappa shape index (κ1) is 13.7. The van der Waals surface area contributed by atoms with Crippen molar-refractivity contribution >= 4 is 18.2 Å². The molecule has 5 heteroatoms. The van der Waals surface area contributed by atoms with Crippen molar-refractivity contribution in [1.29, 1.82) is 0 Å². The fourth-order valence-electron chi connectivity index (χ4n) is 2.10. The van der Waals surface area contributed by atoms with Crippen LogP contribution in [0.3, 0.4) is 0 Å². The minimum absolute atomic E-state index is 0.0626. The lowest BCUT2D eigenvalue weighted by molar-refractivity contribution is -0.137. The molecule has 1 unspecified atom stereocenters. The van der Waals surface area contributed by atoms with Gasteiger partial charge in [0.05, 0.1) is 6.04 Å². The van der Waals surface area contributed by atoms with Crippen LogP contribution < -0.4 is 0 Å². The van der Waals surface area contributed by atoms with E-state index in [0.717, 1.165) is 25.5 Å². The standard InChI is InChI=1S/C12H19NO4/c14-9-10-6-7-11(15)13(10)8-4-2-1-3-5-12(16)17/h9-10H,1-8H2,(H,16,17). The molecule has 1 N–H and O–H groups in total. The Morgan fingerprint density at radius 1 is 1.35 bits per heavy atom. The average molecular weight is 241 g/mol. The van der Waals surface area contributed by atoms with Crippen molar-refractivity contribution < 1.29 is 19.5 Å². The van der Waals surface area contributed by atoms with Crippen molar-refractivity contribution in [2.45, 2.75) is 51.0 Å². The Balaban J connectivity index is 2.11. The summed E-state index contributed by atoms with van der Waals surface area (Å²) < 4.78 is 0. The van der Waals surface area contributed by atoms with Crippen LogP contribution in [0.1, 0.15) is 44.9 Å². The first-order valence-corrected chi connectivity index (χ1v) is 6.11. The van der Waals surface area contributed by atoms with Gasteiger partial charge in [0.1, 0.15) is 6.29 Å². The predicted octanol–water partition coefficient (Wildman–Crippen LogP) is 1.21. The van der Waals surface area contributed by atoms with Gasteiger partial charge in [-0.05, 0) is 19.3 Å². The van der Waals surface area contributed by atoms with Crippen molar-refractivity contribution in [2.24, 2.45) is 0 Å². The summed E-state index contributed by atoms with van der Waals surface area (Å²) in [5, 5.41) is 8.45. The molecule has 1 heterocycles. The first-order chi connectivity index (χ1) is 8.15. The van der Waals surface area contributed by atoms with E-state index in [1.165, 1.54) is 0 Å². The highest BCUT2D eigenvalue weighted by atomic mass is 16.4. The van der Waals surface area contributed by atoms with E-state index in [4.69, 9.17) is 5.11 Å². The fourth-order valence-corrected chi connectivity index (χ4v) is 2.10. The zero-order valence-electron chi connectivity index (χ0n) is 9.93. The Bertz CT molecular complexity index is 290. The zero-order chi connectivity index (χ0) is 12.7. The second kappa shape index (κ2) is 7.04. The van der Waals surface area contributed by atoms with Crippen molar-refractivity contribution in [1.82, 2.24) is 4.90 Å². The third-order valence-corrected chi connectivity index (χ3v) is 3.07. The molecular formula is C12H19NO4. The number of hydrogen-bond acceptors (Lipinski definition) is 3. The molecule has 0 bridgehead atoms. The Morgan fingerprint density at radius 2 is 2.06 bits per heavy atom. The Morgan fingerprint density at radius 3 is 2.71 bits per heavy atom. The smallest absolute Gasteiger partial charge is 0.303 e. The van der Waals surface area contributed by atoms with Crippen LogP contribution in [0.5, 0.6) is 0 Å². The molecule has 1 saturated heterocycles. The van der Waals surface area contributed by atoms with Crippen LogP contribution in [0.25, 0.3) is 0 Å². The van der Waals surface area contributed by atoms with E-state index in [1.54, 1.807) is 4.90 Å². The molecule has 5 nitrogen and oxygen atoms in total. The molecule has 0 aliphatic carbocycles. The van der Waals surface area contributed by atoms with E-state index < -0.39 is 5.97 Å². The number of nitrogens with zero attached hydrogens (tertiary/aromatic N) is 1. The molecule has 17 heavy (non-hydrogen) atoms. The fraction of sp³-hybridized carbons (Fsp3) is 0.750. The van der Waals surface area contributed by atoms with Crippen LogP contribution in [0, 0.1) is 0 Å². The number of likely N-dealkylation sites (tertiary alicyclic amines) is 1. The number of aldehydes is 1. The van der Waals surface area contributed by atoms with Gasteiger partial charge in [0.15, 0.2) is 0 Å². The monoisotopic (exact) mass is 241 g/mol. The van der Waals surface area contributed by atoms with E-state index in [-0.39, 0.29) is 18.4 Å². The lowest BCUT2D eigenvalue weighted by atomic mass is 10.1. The number of carboxylic acids is 1. The van der Waals surface area contributed by atoms with Crippen LogP contribution >= 0.6 is 0 Å². The average Bonchev–Trinajstić information content (AvgIpc) is 2.64. The molecule has 0 aromatic carbocycles.